The Morgan fingerprint density at radius 3 is 2.43 bits per heavy atom. The van der Waals surface area contributed by atoms with E-state index in [9.17, 15) is 32.3 Å². The molecule has 2 aromatic carbocycles. The van der Waals surface area contributed by atoms with E-state index in [0.717, 1.165) is 46.2 Å². The summed E-state index contributed by atoms with van der Waals surface area (Å²) < 4.78 is 52.3. The molecule has 0 saturated carbocycles. The summed E-state index contributed by atoms with van der Waals surface area (Å²) in [6, 6.07) is 11.0. The van der Waals surface area contributed by atoms with Gasteiger partial charge in [0.05, 0.1) is 42.5 Å². The Hall–Kier alpha value is -3.62. The van der Waals surface area contributed by atoms with E-state index in [1.165, 1.54) is 17.7 Å². The molecule has 6 rings (SSSR count). The predicted molar refractivity (Wildman–Crippen MR) is 148 cm³/mol. The highest BCUT2D eigenvalue weighted by atomic mass is 32.2. The van der Waals surface area contributed by atoms with Crippen LogP contribution in [0, 0.1) is 5.92 Å². The van der Waals surface area contributed by atoms with Crippen molar-refractivity contribution in [3.63, 3.8) is 0 Å². The van der Waals surface area contributed by atoms with Crippen LogP contribution in [0.3, 0.4) is 0 Å². The lowest BCUT2D eigenvalue weighted by Gasteiger charge is -2.31. The van der Waals surface area contributed by atoms with Crippen molar-refractivity contribution in [3.8, 4) is 5.75 Å². The first-order valence-electron chi connectivity index (χ1n) is 13.0. The molecule has 2 fully saturated rings. The summed E-state index contributed by atoms with van der Waals surface area (Å²) in [6.45, 7) is 1.32. The van der Waals surface area contributed by atoms with Gasteiger partial charge in [-0.15, -0.1) is 0 Å². The number of halogens is 3. The lowest BCUT2D eigenvalue weighted by atomic mass is 9.83. The zero-order valence-electron chi connectivity index (χ0n) is 22.1. The minimum atomic E-state index is -4.66. The number of imide groups is 1. The van der Waals surface area contributed by atoms with Gasteiger partial charge in [-0.25, -0.2) is 4.90 Å². The normalized spacial score (nSPS) is 22.2. The molecule has 42 heavy (non-hydrogen) atoms. The van der Waals surface area contributed by atoms with E-state index < -0.39 is 45.5 Å². The largest absolute Gasteiger partial charge is 0.497 e. The number of carbonyl (C=O) groups is 3. The van der Waals surface area contributed by atoms with Gasteiger partial charge in [0.1, 0.15) is 17.5 Å². The fraction of sp³-hybridized carbons (Fsp3) is 0.357. The summed E-state index contributed by atoms with van der Waals surface area (Å²) in [4.78, 5) is 56.6. The summed E-state index contributed by atoms with van der Waals surface area (Å²) in [5.74, 6) is -2.78. The third-order valence-electron chi connectivity index (χ3n) is 7.61. The van der Waals surface area contributed by atoms with E-state index in [2.05, 4.69) is 0 Å². The second-order valence-corrected chi connectivity index (χ2v) is 12.1. The van der Waals surface area contributed by atoms with Crippen molar-refractivity contribution < 1.29 is 37.0 Å². The van der Waals surface area contributed by atoms with Crippen LogP contribution in [0.1, 0.15) is 21.9 Å². The first-order valence-corrected chi connectivity index (χ1v) is 14.7. The number of alkyl halides is 3. The average Bonchev–Trinajstić information content (AvgIpc) is 3.43. The molecule has 3 aliphatic rings. The average molecular weight is 620 g/mol. The number of ether oxygens (including phenoxy) is 2. The molecule has 2 unspecified atom stereocenters. The molecular weight excluding hydrogens is 595 g/mol. The molecule has 14 heteroatoms. The standard InChI is InChI=1S/C28H24F3N3O6S2/c1-39-18-7-5-15(6-8-18)20-21-22(25(37)34(24(21)36)17-4-2-3-16(13-17)28(29,30)31)41-26-23(20)42-27(38)33(26)14-19(35)32-9-11-40-12-10-32/h2-8,13,20-22H,9-12,14H2,1H3/t20-,21?,22?/m0/s1. The monoisotopic (exact) mass is 619 g/mol. The van der Waals surface area contributed by atoms with E-state index >= 15 is 0 Å². The number of anilines is 1. The number of amides is 3. The summed E-state index contributed by atoms with van der Waals surface area (Å²) in [5, 5.41) is -0.619. The molecule has 9 nitrogen and oxygen atoms in total. The molecule has 0 bridgehead atoms. The maximum atomic E-state index is 13.9. The Morgan fingerprint density at radius 2 is 1.76 bits per heavy atom. The maximum absolute atomic E-state index is 13.9. The second kappa shape index (κ2) is 10.9. The highest BCUT2D eigenvalue weighted by Gasteiger charge is 2.57. The second-order valence-electron chi connectivity index (χ2n) is 9.99. The van der Waals surface area contributed by atoms with Gasteiger partial charge >= 0.3 is 11.0 Å². The molecule has 3 aromatic rings. The first kappa shape index (κ1) is 28.5. The van der Waals surface area contributed by atoms with Crippen LogP contribution in [0.2, 0.25) is 0 Å². The SMILES string of the molecule is COc1ccc([C@@H]2c3sc(=O)n(CC(=O)N4CCOCC4)c3SC3C(=O)N(c4cccc(C(F)(F)F)c4)C(=O)C32)cc1. The van der Waals surface area contributed by atoms with Crippen molar-refractivity contribution in [2.24, 2.45) is 5.92 Å². The fourth-order valence-electron chi connectivity index (χ4n) is 5.55. The Balaban J connectivity index is 1.43. The van der Waals surface area contributed by atoms with Crippen molar-refractivity contribution in [3.05, 3.63) is 74.2 Å². The van der Waals surface area contributed by atoms with Crippen molar-refractivity contribution in [2.75, 3.05) is 38.3 Å². The molecule has 3 amide bonds. The van der Waals surface area contributed by atoms with Gasteiger partial charge in [-0.1, -0.05) is 41.3 Å². The van der Waals surface area contributed by atoms with Gasteiger partial charge in [-0.2, -0.15) is 13.2 Å². The van der Waals surface area contributed by atoms with Crippen molar-refractivity contribution >= 4 is 46.5 Å². The maximum Gasteiger partial charge on any atom is 0.416 e. The Kier molecular flexibility index (Phi) is 7.39. The number of carbonyl (C=O) groups excluding carboxylic acids is 3. The van der Waals surface area contributed by atoms with Gasteiger partial charge in [-0.05, 0) is 35.9 Å². The van der Waals surface area contributed by atoms with Crippen LogP contribution >= 0.6 is 23.1 Å². The summed E-state index contributed by atoms with van der Waals surface area (Å²) in [7, 11) is 1.50. The lowest BCUT2D eigenvalue weighted by Crippen LogP contribution is -2.43. The molecule has 3 atom stereocenters. The van der Waals surface area contributed by atoms with Gasteiger partial charge in [0.2, 0.25) is 17.7 Å². The number of nitrogens with zero attached hydrogens (tertiary/aromatic N) is 3. The molecule has 0 spiro atoms. The van der Waals surface area contributed by atoms with Crippen molar-refractivity contribution in [2.45, 2.75) is 28.9 Å². The summed E-state index contributed by atoms with van der Waals surface area (Å²) in [6.07, 6.45) is -4.66. The third kappa shape index (κ3) is 4.90. The van der Waals surface area contributed by atoms with Crippen LogP contribution < -0.4 is 14.5 Å². The number of thiazole rings is 1. The molecule has 4 heterocycles. The Labute approximate surface area is 245 Å². The highest BCUT2D eigenvalue weighted by molar-refractivity contribution is 8.00. The number of hydrogen-bond donors (Lipinski definition) is 0. The quantitative estimate of drug-likeness (QED) is 0.403. The summed E-state index contributed by atoms with van der Waals surface area (Å²) >= 11 is 1.91. The number of hydrogen-bond acceptors (Lipinski definition) is 8. The molecule has 220 valence electrons. The van der Waals surface area contributed by atoms with Crippen molar-refractivity contribution in [1.29, 1.82) is 0 Å². The molecule has 1 aromatic heterocycles. The minimum Gasteiger partial charge on any atom is -0.497 e. The molecule has 0 aliphatic carbocycles. The number of thioether (sulfide) groups is 1. The summed E-state index contributed by atoms with van der Waals surface area (Å²) in [5.41, 5.74) is -0.525. The number of aromatic nitrogens is 1. The van der Waals surface area contributed by atoms with Crippen LogP contribution in [0.15, 0.2) is 58.4 Å². The van der Waals surface area contributed by atoms with Gasteiger partial charge in [0.15, 0.2) is 0 Å². The number of benzene rings is 2. The highest BCUT2D eigenvalue weighted by Crippen LogP contribution is 2.54. The van der Waals surface area contributed by atoms with Gasteiger partial charge in [-0.3, -0.25) is 23.7 Å². The predicted octanol–water partition coefficient (Wildman–Crippen LogP) is 3.59. The van der Waals surface area contributed by atoms with Crippen LogP contribution in [-0.4, -0.2) is 65.9 Å². The van der Waals surface area contributed by atoms with E-state index in [1.807, 2.05) is 0 Å². The fourth-order valence-corrected chi connectivity index (χ4v) is 8.32. The van der Waals surface area contributed by atoms with Gasteiger partial charge in [0, 0.05) is 23.9 Å². The molecule has 0 radical (unpaired) electrons. The zero-order chi connectivity index (χ0) is 29.8. The van der Waals surface area contributed by atoms with E-state index in [1.54, 1.807) is 29.2 Å². The van der Waals surface area contributed by atoms with Gasteiger partial charge < -0.3 is 14.4 Å². The molecule has 3 aliphatic heterocycles. The van der Waals surface area contributed by atoms with Crippen LogP contribution in [-0.2, 0) is 31.8 Å². The van der Waals surface area contributed by atoms with E-state index in [0.29, 0.717) is 47.5 Å². The number of fused-ring (bicyclic) bond motifs is 2. The number of rotatable bonds is 5. The topological polar surface area (TPSA) is 98.2 Å². The third-order valence-corrected chi connectivity index (χ3v) is 10.2. The van der Waals surface area contributed by atoms with Crippen LogP contribution in [0.5, 0.6) is 5.75 Å². The van der Waals surface area contributed by atoms with Gasteiger partial charge in [0.25, 0.3) is 0 Å². The number of morpholine rings is 1. The first-order chi connectivity index (χ1) is 20.1. The lowest BCUT2D eigenvalue weighted by molar-refractivity contribution is -0.138. The Bertz CT molecular complexity index is 1610. The van der Waals surface area contributed by atoms with E-state index in [-0.39, 0.29) is 18.1 Å². The van der Waals surface area contributed by atoms with Crippen LogP contribution in [0.4, 0.5) is 18.9 Å². The minimum absolute atomic E-state index is 0.174. The molecular formula is C28H24F3N3O6S2. The Morgan fingerprint density at radius 1 is 1.05 bits per heavy atom. The van der Waals surface area contributed by atoms with Crippen molar-refractivity contribution in [1.82, 2.24) is 9.47 Å². The zero-order valence-corrected chi connectivity index (χ0v) is 23.8. The van der Waals surface area contributed by atoms with E-state index in [4.69, 9.17) is 9.47 Å². The molecule has 2 saturated heterocycles. The van der Waals surface area contributed by atoms with Crippen LogP contribution in [0.25, 0.3) is 0 Å². The smallest absolute Gasteiger partial charge is 0.416 e. The number of methoxy groups -OCH3 is 1. The molecule has 0 N–H and O–H groups in total.